The highest BCUT2D eigenvalue weighted by Gasteiger charge is 2.59. The van der Waals surface area contributed by atoms with E-state index in [1.54, 1.807) is 0 Å². The molecule has 0 spiro atoms. The van der Waals surface area contributed by atoms with Gasteiger partial charge in [-0.1, -0.05) is 0 Å². The molecule has 7 heterocycles. The highest BCUT2D eigenvalue weighted by molar-refractivity contribution is 5.84. The molecule has 0 saturated carbocycles. The maximum atomic E-state index is 13.0. The Hall–Kier alpha value is -4.46. The van der Waals surface area contributed by atoms with Gasteiger partial charge in [-0.05, 0) is 0 Å². The van der Waals surface area contributed by atoms with Gasteiger partial charge in [-0.2, -0.15) is 0 Å². The number of aliphatic hydroxyl groups excluding tert-OH is 18. The van der Waals surface area contributed by atoms with Crippen LogP contribution in [0.5, 0.6) is 0 Å². The van der Waals surface area contributed by atoms with Gasteiger partial charge in [0.05, 0.1) is 52.7 Å². The van der Waals surface area contributed by atoms with E-state index in [0.717, 1.165) is 27.7 Å². The molecule has 0 bridgehead atoms. The molecule has 7 aliphatic heterocycles. The number of amides is 5. The van der Waals surface area contributed by atoms with Gasteiger partial charge in [0.25, 0.3) is 0 Å². The first-order valence-corrected chi connectivity index (χ1v) is 30.9. The molecule has 5 amide bonds. The summed E-state index contributed by atoms with van der Waals surface area (Å²) in [5, 5.41) is 221. The number of carbonyl (C=O) groups excluding carboxylic acids is 5. The van der Waals surface area contributed by atoms with Crippen LogP contribution >= 0.6 is 0 Å². The van der Waals surface area contributed by atoms with Gasteiger partial charge >= 0.3 is 5.97 Å². The molecule has 36 atom stereocenters. The van der Waals surface area contributed by atoms with Crippen molar-refractivity contribution in [3.8, 4) is 0 Å². The highest BCUT2D eigenvalue weighted by atomic mass is 16.8. The van der Waals surface area contributed by atoms with Crippen LogP contribution < -0.4 is 32.3 Å². The summed E-state index contributed by atoms with van der Waals surface area (Å²) in [5.41, 5.74) is 5.50. The van der Waals surface area contributed by atoms with Gasteiger partial charge in [-0.3, -0.25) is 28.8 Å². The molecule has 7 aliphatic rings. The number of carboxylic acid groups (broad SMARTS) is 1. The van der Waals surface area contributed by atoms with Crippen LogP contribution in [0.1, 0.15) is 34.1 Å². The van der Waals surface area contributed by atoms with E-state index in [-0.39, 0.29) is 0 Å². The number of nitrogens with one attached hydrogen (secondary N) is 5. The van der Waals surface area contributed by atoms with Crippen LogP contribution in [0.2, 0.25) is 0 Å². The van der Waals surface area contributed by atoms with Gasteiger partial charge in [0.15, 0.2) is 44.0 Å². The van der Waals surface area contributed by atoms with E-state index in [0.29, 0.717) is 0 Å². The Morgan fingerprint density at radius 1 is 0.347 bits per heavy atom. The Labute approximate surface area is 555 Å². The number of nitrogens with two attached hydrogens (primary N) is 1. The maximum absolute atomic E-state index is 13.0. The molecule has 0 aromatic carbocycles. The predicted molar refractivity (Wildman–Crippen MR) is 304 cm³/mol. The van der Waals surface area contributed by atoms with Crippen LogP contribution in [0.25, 0.3) is 0 Å². The molecular formula is C54H90N6O38. The predicted octanol–water partition coefficient (Wildman–Crippen LogP) is -16.8. The summed E-state index contributed by atoms with van der Waals surface area (Å²) in [4.78, 5) is 74.5. The molecule has 98 heavy (non-hydrogen) atoms. The van der Waals surface area contributed by atoms with E-state index >= 15 is 0 Å². The lowest BCUT2D eigenvalue weighted by atomic mass is 9.93. The first-order chi connectivity index (χ1) is 46.2. The van der Waals surface area contributed by atoms with E-state index in [2.05, 4.69) is 26.6 Å². The van der Waals surface area contributed by atoms with Gasteiger partial charge < -0.3 is 191 Å². The zero-order valence-electron chi connectivity index (χ0n) is 52.8. The number of rotatable bonds is 27. The molecule has 0 aliphatic carbocycles. The van der Waals surface area contributed by atoms with Crippen molar-refractivity contribution in [2.24, 2.45) is 5.73 Å². The Bertz CT molecular complexity index is 2620. The zero-order chi connectivity index (χ0) is 72.6. The minimum atomic E-state index is -2.50. The fourth-order valence-corrected chi connectivity index (χ4v) is 12.1. The normalized spacial score (nSPS) is 44.9. The maximum Gasteiger partial charge on any atom is 0.321 e. The Morgan fingerprint density at radius 2 is 0.673 bits per heavy atom. The van der Waals surface area contributed by atoms with Crippen molar-refractivity contribution in [2.45, 2.75) is 255 Å². The van der Waals surface area contributed by atoms with Crippen LogP contribution in [-0.2, 0) is 90.3 Å². The number of ether oxygens (including phenoxy) is 13. The van der Waals surface area contributed by atoms with Gasteiger partial charge in [-0.25, -0.2) is 0 Å². The van der Waals surface area contributed by atoms with E-state index in [1.807, 2.05) is 0 Å². The molecule has 564 valence electrons. The van der Waals surface area contributed by atoms with Crippen LogP contribution in [-0.4, -0.2) is 399 Å². The minimum Gasteiger partial charge on any atom is -0.480 e. The van der Waals surface area contributed by atoms with Gasteiger partial charge in [-0.15, -0.1) is 0 Å². The SMILES string of the molecule is CC(=O)N[C@@H]1[C@@H](O)[C@H](O[C@@H]2O[C@H](CO)[C@@H](O[C@@H]3O[C@H](CO[C@H]4O[C@H](CO)[C@@H](O)[C@H](O)[C@@H]4O[C@@H]4O[C@H](CO)[C@@H](O)[C@H](O)[C@H]4NC(C)=O)[C@@H](O)[C@H](O[C@H]4O[C@H](CO)[C@@H](O)[C@H](O)[C@@H]4O[C@@H]4O[C@H](CO)[C@@H](O)[C@H](O)[C@H]4NC(C)=O)[C@@H]3O)[C@H](O)[C@H]2NC(C)=O)[C@@H](CO)O[C@H]1NC(=O)C[C@H](N)C(=O)O. The molecule has 7 saturated heterocycles. The summed E-state index contributed by atoms with van der Waals surface area (Å²) < 4.78 is 77.3. The Morgan fingerprint density at radius 3 is 1.10 bits per heavy atom. The van der Waals surface area contributed by atoms with Crippen LogP contribution in [0.15, 0.2) is 0 Å². The molecule has 44 heteroatoms. The lowest BCUT2D eigenvalue weighted by Crippen LogP contribution is -2.71. The lowest BCUT2D eigenvalue weighted by molar-refractivity contribution is -0.395. The first kappa shape index (κ1) is 80.8. The van der Waals surface area contributed by atoms with Crippen molar-refractivity contribution in [3.05, 3.63) is 0 Å². The second-order valence-corrected chi connectivity index (χ2v) is 24.3. The third-order valence-electron chi connectivity index (χ3n) is 17.2. The molecule has 0 radical (unpaired) electrons. The third kappa shape index (κ3) is 18.7. The third-order valence-corrected chi connectivity index (χ3v) is 17.2. The molecule has 26 N–H and O–H groups in total. The second-order valence-electron chi connectivity index (χ2n) is 24.3. The van der Waals surface area contributed by atoms with Crippen molar-refractivity contribution in [1.29, 1.82) is 0 Å². The summed E-state index contributed by atoms with van der Waals surface area (Å²) in [6.45, 7) is -3.54. The molecule has 0 unspecified atom stereocenters. The Balaban J connectivity index is 1.24. The number of hydrogen-bond acceptors (Lipinski definition) is 38. The summed E-state index contributed by atoms with van der Waals surface area (Å²) in [6, 6.07) is -8.79. The first-order valence-electron chi connectivity index (χ1n) is 30.9. The zero-order valence-corrected chi connectivity index (χ0v) is 52.8. The number of aliphatic carboxylic acids is 1. The van der Waals surface area contributed by atoms with Gasteiger partial charge in [0.2, 0.25) is 29.5 Å². The molecular weight excluding hydrogens is 1340 g/mol. The number of aliphatic hydroxyl groups is 18. The summed E-state index contributed by atoms with van der Waals surface area (Å²) in [6.07, 6.45) is -64.0. The molecule has 44 nitrogen and oxygen atoms in total. The van der Waals surface area contributed by atoms with Crippen LogP contribution in [0.4, 0.5) is 0 Å². The van der Waals surface area contributed by atoms with E-state index in [9.17, 15) is 126 Å². The van der Waals surface area contributed by atoms with E-state index < -0.39 is 309 Å². The van der Waals surface area contributed by atoms with Gasteiger partial charge in [0.1, 0.15) is 177 Å². The quantitative estimate of drug-likeness (QED) is 0.0363. The van der Waals surface area contributed by atoms with Crippen LogP contribution in [0.3, 0.4) is 0 Å². The summed E-state index contributed by atoms with van der Waals surface area (Å²) >= 11 is 0. The van der Waals surface area contributed by atoms with Gasteiger partial charge in [0, 0.05) is 27.7 Å². The molecule has 0 aromatic heterocycles. The molecule has 7 fully saturated rings. The van der Waals surface area contributed by atoms with Crippen molar-refractivity contribution in [1.82, 2.24) is 26.6 Å². The minimum absolute atomic E-state index is 0.823. The van der Waals surface area contributed by atoms with Crippen molar-refractivity contribution >= 4 is 35.5 Å². The average molecular weight is 1430 g/mol. The topological polar surface area (TPSA) is 693 Å². The largest absolute Gasteiger partial charge is 0.480 e. The van der Waals surface area contributed by atoms with Crippen molar-refractivity contribution < 1.29 is 187 Å². The molecule has 7 rings (SSSR count). The molecule has 0 aromatic rings. The second kappa shape index (κ2) is 35.6. The van der Waals surface area contributed by atoms with E-state index in [4.69, 9.17) is 67.3 Å². The highest BCUT2D eigenvalue weighted by Crippen LogP contribution is 2.38. The fraction of sp³-hybridized carbons (Fsp3) is 0.889. The standard InChI is InChI=1S/C54H90N6O38/c1-13(67)56-26-37(79)42(22(10-65)87-47(26)60-25(71)5-17(55)48(84)85)94-51-29(59-16(4)70)38(80)43(23(11-66)92-51)95-52-41(83)44(96-54-46(40(82)33(75)21(9-64)91-54)98-50-28(58-15(3)69)36(78)31(73)19(7-62)89-50)34(76)24(93-52)12-86-53-45(39(81)32(74)20(8-63)90-53)97-49-27(57-14(2)68)35(77)30(72)18(6-61)88-49/h17-24,26-47,49-54,61-66,72-83H,5-12,55H2,1-4H3,(H,56,67)(H,57,68)(H,58,69)(H,59,70)(H,60,71)(H,84,85)/t17-,18+,19+,20+,21+,22+,23+,24+,26+,27+,28+,29+,30+,31+,32+,33+,34+,35+,36+,37+,38+,39-,40-,41-,42+,43+,44-,45-,46-,47+,49-,50-,51-,52-,53-,54+/m0/s1. The summed E-state index contributed by atoms with van der Waals surface area (Å²) in [7, 11) is 0. The number of hydrogen-bond donors (Lipinski definition) is 25. The number of carbonyl (C=O) groups is 6. The van der Waals surface area contributed by atoms with Crippen LogP contribution in [0, 0.1) is 0 Å². The van der Waals surface area contributed by atoms with E-state index in [1.165, 1.54) is 0 Å². The lowest BCUT2D eigenvalue weighted by Gasteiger charge is -2.51. The Kier molecular flexibility index (Phi) is 29.4. The van der Waals surface area contributed by atoms with Crippen molar-refractivity contribution in [2.75, 3.05) is 46.2 Å². The fourth-order valence-electron chi connectivity index (χ4n) is 12.1. The number of carboxylic acids is 1. The smallest absolute Gasteiger partial charge is 0.321 e. The monoisotopic (exact) mass is 1430 g/mol. The average Bonchev–Trinajstić information content (AvgIpc) is 0.777. The van der Waals surface area contributed by atoms with Crippen molar-refractivity contribution in [3.63, 3.8) is 0 Å². The summed E-state index contributed by atoms with van der Waals surface area (Å²) in [5.74, 6) is -6.07.